The molecule has 0 aliphatic heterocycles. The van der Waals surface area contributed by atoms with Crippen molar-refractivity contribution in [2.75, 3.05) is 11.9 Å². The van der Waals surface area contributed by atoms with Crippen molar-refractivity contribution in [1.29, 1.82) is 0 Å². The molecule has 1 aromatic heterocycles. The summed E-state index contributed by atoms with van der Waals surface area (Å²) in [5.41, 5.74) is 4.28. The molecule has 0 aliphatic rings. The number of halogens is 1. The fraction of sp³-hybridized carbons (Fsp3) is 0.143. The molecule has 24 heavy (non-hydrogen) atoms. The number of hydrogen-bond donors (Lipinski definition) is 0. The first-order chi connectivity index (χ1) is 11.7. The molecule has 0 amide bonds. The van der Waals surface area contributed by atoms with Crippen LogP contribution in [0.3, 0.4) is 0 Å². The van der Waals surface area contributed by atoms with E-state index in [1.165, 1.54) is 11.6 Å². The first-order valence-electron chi connectivity index (χ1n) is 8.12. The molecule has 3 aromatic carbocycles. The average Bonchev–Trinajstić information content (AvgIpc) is 3.00. The summed E-state index contributed by atoms with van der Waals surface area (Å²) in [5, 5.41) is 2.16. The second-order valence-electron chi connectivity index (χ2n) is 5.91. The molecular formula is C21H18FNO. The van der Waals surface area contributed by atoms with Crippen molar-refractivity contribution in [2.45, 2.75) is 13.3 Å². The zero-order valence-electron chi connectivity index (χ0n) is 13.7. The van der Waals surface area contributed by atoms with Crippen molar-refractivity contribution in [2.24, 2.45) is 0 Å². The number of rotatable bonds is 3. The van der Waals surface area contributed by atoms with Crippen LogP contribution in [0.25, 0.3) is 21.9 Å². The number of furan rings is 1. The maximum absolute atomic E-state index is 14.2. The minimum Gasteiger partial charge on any atom is -0.454 e. The number of fused-ring (bicyclic) bond motifs is 3. The third-order valence-corrected chi connectivity index (χ3v) is 4.54. The van der Waals surface area contributed by atoms with E-state index in [1.807, 2.05) is 30.1 Å². The minimum absolute atomic E-state index is 0.248. The highest BCUT2D eigenvalue weighted by Crippen LogP contribution is 2.38. The lowest BCUT2D eigenvalue weighted by Crippen LogP contribution is -2.11. The highest BCUT2D eigenvalue weighted by Gasteiger charge is 2.17. The molecule has 0 bridgehead atoms. The van der Waals surface area contributed by atoms with Gasteiger partial charge in [-0.25, -0.2) is 4.39 Å². The second-order valence-corrected chi connectivity index (χ2v) is 5.91. The molecule has 4 aromatic rings. The Bertz CT molecular complexity index is 1030. The van der Waals surface area contributed by atoms with Crippen LogP contribution in [0.2, 0.25) is 0 Å². The number of para-hydroxylation sites is 3. The molecule has 0 radical (unpaired) electrons. The van der Waals surface area contributed by atoms with Crippen LogP contribution in [0.15, 0.2) is 65.1 Å². The molecule has 0 atom stereocenters. The molecule has 0 unspecified atom stereocenters. The molecule has 3 heteroatoms. The van der Waals surface area contributed by atoms with Crippen LogP contribution in [0, 0.1) is 5.82 Å². The number of hydrogen-bond acceptors (Lipinski definition) is 2. The average molecular weight is 319 g/mol. The molecule has 0 fully saturated rings. The highest BCUT2D eigenvalue weighted by molar-refractivity contribution is 6.10. The van der Waals surface area contributed by atoms with Gasteiger partial charge in [0.1, 0.15) is 11.4 Å². The summed E-state index contributed by atoms with van der Waals surface area (Å²) in [6.07, 6.45) is 0.912. The summed E-state index contributed by atoms with van der Waals surface area (Å²) in [6, 6.07) is 19.0. The number of anilines is 2. The van der Waals surface area contributed by atoms with E-state index in [0.717, 1.165) is 34.0 Å². The van der Waals surface area contributed by atoms with E-state index in [0.29, 0.717) is 5.69 Å². The second kappa shape index (κ2) is 5.68. The highest BCUT2D eigenvalue weighted by atomic mass is 19.1. The maximum Gasteiger partial charge on any atom is 0.159 e. The van der Waals surface area contributed by atoms with Crippen molar-refractivity contribution in [3.63, 3.8) is 0 Å². The van der Waals surface area contributed by atoms with Crippen LogP contribution >= 0.6 is 0 Å². The van der Waals surface area contributed by atoms with E-state index < -0.39 is 0 Å². The molecular weight excluding hydrogens is 301 g/mol. The van der Waals surface area contributed by atoms with Gasteiger partial charge in [0.05, 0.1) is 11.4 Å². The quantitative estimate of drug-likeness (QED) is 0.456. The van der Waals surface area contributed by atoms with Gasteiger partial charge in [-0.2, -0.15) is 0 Å². The Morgan fingerprint density at radius 3 is 2.25 bits per heavy atom. The minimum atomic E-state index is -0.248. The first-order valence-corrected chi connectivity index (χ1v) is 8.12. The van der Waals surface area contributed by atoms with Gasteiger partial charge in [-0.15, -0.1) is 0 Å². The van der Waals surface area contributed by atoms with Crippen LogP contribution in [0.5, 0.6) is 0 Å². The van der Waals surface area contributed by atoms with Crippen LogP contribution in [-0.4, -0.2) is 7.05 Å². The number of benzene rings is 3. The van der Waals surface area contributed by atoms with Gasteiger partial charge in [0.25, 0.3) is 0 Å². The largest absolute Gasteiger partial charge is 0.454 e. The van der Waals surface area contributed by atoms with E-state index in [4.69, 9.17) is 4.42 Å². The third-order valence-electron chi connectivity index (χ3n) is 4.54. The van der Waals surface area contributed by atoms with E-state index in [9.17, 15) is 4.39 Å². The lowest BCUT2D eigenvalue weighted by molar-refractivity contribution is 0.627. The maximum atomic E-state index is 14.2. The number of nitrogens with zero attached hydrogens (tertiary/aromatic N) is 1. The van der Waals surface area contributed by atoms with Crippen LogP contribution in [0.4, 0.5) is 15.8 Å². The van der Waals surface area contributed by atoms with Crippen LogP contribution < -0.4 is 4.90 Å². The normalized spacial score (nSPS) is 11.3. The Labute approximate surface area is 140 Å². The van der Waals surface area contributed by atoms with Crippen LogP contribution in [0.1, 0.15) is 12.5 Å². The Morgan fingerprint density at radius 2 is 1.50 bits per heavy atom. The van der Waals surface area contributed by atoms with Gasteiger partial charge >= 0.3 is 0 Å². The van der Waals surface area contributed by atoms with E-state index in [1.54, 1.807) is 12.1 Å². The topological polar surface area (TPSA) is 16.4 Å². The molecule has 0 N–H and O–H groups in total. The zero-order chi connectivity index (χ0) is 16.7. The summed E-state index contributed by atoms with van der Waals surface area (Å²) in [6.45, 7) is 2.12. The van der Waals surface area contributed by atoms with E-state index >= 15 is 0 Å². The first kappa shape index (κ1) is 14.8. The van der Waals surface area contributed by atoms with Crippen molar-refractivity contribution in [1.82, 2.24) is 0 Å². The third kappa shape index (κ3) is 2.16. The summed E-state index contributed by atoms with van der Waals surface area (Å²) in [5.74, 6) is -0.248. The van der Waals surface area contributed by atoms with Gasteiger partial charge in [0, 0.05) is 17.8 Å². The molecule has 120 valence electrons. The Morgan fingerprint density at radius 1 is 0.833 bits per heavy atom. The molecule has 0 saturated heterocycles. The molecule has 0 aliphatic carbocycles. The predicted molar refractivity (Wildman–Crippen MR) is 97.6 cm³/mol. The summed E-state index contributed by atoms with van der Waals surface area (Å²) in [4.78, 5) is 1.84. The van der Waals surface area contributed by atoms with Gasteiger partial charge in [0.2, 0.25) is 0 Å². The van der Waals surface area contributed by atoms with Crippen LogP contribution in [-0.2, 0) is 6.42 Å². The fourth-order valence-corrected chi connectivity index (χ4v) is 3.26. The van der Waals surface area contributed by atoms with Gasteiger partial charge < -0.3 is 9.32 Å². The van der Waals surface area contributed by atoms with E-state index in [-0.39, 0.29) is 5.82 Å². The van der Waals surface area contributed by atoms with Crippen molar-refractivity contribution >= 4 is 33.3 Å². The molecule has 1 heterocycles. The zero-order valence-corrected chi connectivity index (χ0v) is 13.7. The Balaban J connectivity index is 1.98. The van der Waals surface area contributed by atoms with Gasteiger partial charge in [0.15, 0.2) is 5.58 Å². The lowest BCUT2D eigenvalue weighted by atomic mass is 10.1. The molecule has 2 nitrogen and oxygen atoms in total. The lowest BCUT2D eigenvalue weighted by Gasteiger charge is -2.20. The van der Waals surface area contributed by atoms with Gasteiger partial charge in [-0.1, -0.05) is 49.4 Å². The Kier molecular flexibility index (Phi) is 3.49. The molecule has 0 saturated carbocycles. The molecule has 4 rings (SSSR count). The predicted octanol–water partition coefficient (Wildman–Crippen LogP) is 6.06. The SMILES string of the molecule is CCc1cccc2c1oc1c(N(C)c3ccccc3F)cccc12. The summed E-state index contributed by atoms with van der Waals surface area (Å²) < 4.78 is 20.4. The smallest absolute Gasteiger partial charge is 0.159 e. The fourth-order valence-electron chi connectivity index (χ4n) is 3.26. The van der Waals surface area contributed by atoms with E-state index in [2.05, 4.69) is 31.2 Å². The van der Waals surface area contributed by atoms with Gasteiger partial charge in [-0.3, -0.25) is 0 Å². The molecule has 0 spiro atoms. The number of aryl methyl sites for hydroxylation is 1. The van der Waals surface area contributed by atoms with Gasteiger partial charge in [-0.05, 0) is 30.2 Å². The summed E-state index contributed by atoms with van der Waals surface area (Å²) >= 11 is 0. The van der Waals surface area contributed by atoms with Crippen molar-refractivity contribution in [3.05, 3.63) is 72.0 Å². The van der Waals surface area contributed by atoms with Crippen molar-refractivity contribution in [3.8, 4) is 0 Å². The monoisotopic (exact) mass is 319 g/mol. The summed E-state index contributed by atoms with van der Waals surface area (Å²) in [7, 11) is 1.86. The Hall–Kier alpha value is -2.81. The van der Waals surface area contributed by atoms with Crippen molar-refractivity contribution < 1.29 is 8.81 Å². The standard InChI is InChI=1S/C21H18FNO/c1-3-14-8-6-9-15-16-10-7-13-19(21(16)24-20(14)15)23(2)18-12-5-4-11-17(18)22/h4-13H,3H2,1-2H3.